The molecule has 0 aromatic heterocycles. The van der Waals surface area contributed by atoms with Crippen LogP contribution in [0.25, 0.3) is 0 Å². The Morgan fingerprint density at radius 2 is 1.48 bits per heavy atom. The van der Waals surface area contributed by atoms with E-state index in [1.807, 2.05) is 0 Å². The molecule has 0 amide bonds. The minimum Gasteiger partial charge on any atom is -0.508 e. The first kappa shape index (κ1) is 24.3. The van der Waals surface area contributed by atoms with Crippen LogP contribution in [-0.4, -0.2) is 5.11 Å². The highest BCUT2D eigenvalue weighted by molar-refractivity contribution is 5.41. The summed E-state index contributed by atoms with van der Waals surface area (Å²) in [6.45, 7) is 22.8. The lowest BCUT2D eigenvalue weighted by Gasteiger charge is -2.41. The van der Waals surface area contributed by atoms with Crippen molar-refractivity contribution in [2.45, 2.75) is 114 Å². The van der Waals surface area contributed by atoms with Crippen molar-refractivity contribution in [1.29, 1.82) is 0 Å². The van der Waals surface area contributed by atoms with E-state index in [2.05, 4.69) is 75.3 Å². The van der Waals surface area contributed by atoms with Crippen molar-refractivity contribution in [2.75, 3.05) is 0 Å². The third kappa shape index (κ3) is 7.66. The Labute approximate surface area is 170 Å². The van der Waals surface area contributed by atoms with Crippen molar-refractivity contribution in [3.8, 4) is 0 Å². The van der Waals surface area contributed by atoms with E-state index >= 15 is 0 Å². The first-order valence-corrected chi connectivity index (χ1v) is 11.3. The molecule has 0 aromatic rings. The van der Waals surface area contributed by atoms with Crippen LogP contribution in [0.4, 0.5) is 0 Å². The summed E-state index contributed by atoms with van der Waals surface area (Å²) in [5.41, 5.74) is 2.54. The Bertz CT molecular complexity index is 536. The summed E-state index contributed by atoms with van der Waals surface area (Å²) in [5.74, 6) is 2.22. The number of allylic oxidation sites excluding steroid dienone is 3. The van der Waals surface area contributed by atoms with Gasteiger partial charge in [-0.05, 0) is 52.1 Å². The van der Waals surface area contributed by atoms with Crippen LogP contribution in [0.2, 0.25) is 0 Å². The molecule has 0 heterocycles. The highest BCUT2D eigenvalue weighted by Gasteiger charge is 2.38. The van der Waals surface area contributed by atoms with Gasteiger partial charge in [0.05, 0.1) is 0 Å². The van der Waals surface area contributed by atoms with E-state index in [0.717, 1.165) is 23.8 Å². The SMILES string of the molecule is CC(C)CCCC(C)CCCC1(C)C=C(C(C)(C)C)C(O)=C(C(C)(C)C)C1. The summed E-state index contributed by atoms with van der Waals surface area (Å²) in [4.78, 5) is 0. The van der Waals surface area contributed by atoms with Crippen LogP contribution in [0.3, 0.4) is 0 Å². The first-order valence-electron chi connectivity index (χ1n) is 11.3. The monoisotopic (exact) mass is 376 g/mol. The molecule has 0 saturated carbocycles. The molecular weight excluding hydrogens is 328 g/mol. The number of hydrogen-bond donors (Lipinski definition) is 1. The van der Waals surface area contributed by atoms with E-state index < -0.39 is 0 Å². The van der Waals surface area contributed by atoms with Crippen LogP contribution < -0.4 is 0 Å². The Morgan fingerprint density at radius 1 is 0.926 bits per heavy atom. The van der Waals surface area contributed by atoms with Crippen molar-refractivity contribution in [1.82, 2.24) is 0 Å². The molecule has 1 aliphatic rings. The molecule has 0 fully saturated rings. The zero-order chi connectivity index (χ0) is 21.0. The maximum atomic E-state index is 11.0. The second-order valence-electron chi connectivity index (χ2n) is 12.0. The minimum atomic E-state index is -0.0214. The average Bonchev–Trinajstić information content (AvgIpc) is 2.47. The molecule has 1 N–H and O–H groups in total. The maximum absolute atomic E-state index is 11.0. The van der Waals surface area contributed by atoms with Crippen molar-refractivity contribution < 1.29 is 5.11 Å². The fraction of sp³-hybridized carbons (Fsp3) is 0.846. The Hall–Kier alpha value is -0.720. The molecule has 0 aliphatic heterocycles. The molecule has 1 aliphatic carbocycles. The van der Waals surface area contributed by atoms with Gasteiger partial charge < -0.3 is 5.11 Å². The molecule has 1 rings (SSSR count). The quantitative estimate of drug-likeness (QED) is 0.448. The van der Waals surface area contributed by atoms with Gasteiger partial charge in [-0.25, -0.2) is 0 Å². The summed E-state index contributed by atoms with van der Waals surface area (Å²) in [6, 6.07) is 0. The third-order valence-electron chi connectivity index (χ3n) is 6.25. The van der Waals surface area contributed by atoms with Gasteiger partial charge in [-0.2, -0.15) is 0 Å². The average molecular weight is 377 g/mol. The second-order valence-corrected chi connectivity index (χ2v) is 12.0. The summed E-state index contributed by atoms with van der Waals surface area (Å²) >= 11 is 0. The summed E-state index contributed by atoms with van der Waals surface area (Å²) < 4.78 is 0. The lowest BCUT2D eigenvalue weighted by molar-refractivity contribution is 0.269. The van der Waals surface area contributed by atoms with Crippen LogP contribution in [-0.2, 0) is 0 Å². The molecule has 0 aromatic carbocycles. The van der Waals surface area contributed by atoms with Gasteiger partial charge in [-0.3, -0.25) is 0 Å². The normalized spacial score (nSPS) is 23.0. The van der Waals surface area contributed by atoms with E-state index in [4.69, 9.17) is 0 Å². The summed E-state index contributed by atoms with van der Waals surface area (Å²) in [5, 5.41) is 11.0. The molecular formula is C26H48O. The molecule has 1 nitrogen and oxygen atoms in total. The van der Waals surface area contributed by atoms with Crippen molar-refractivity contribution in [2.24, 2.45) is 28.1 Å². The molecule has 2 unspecified atom stereocenters. The topological polar surface area (TPSA) is 20.2 Å². The Kier molecular flexibility index (Phi) is 8.27. The molecule has 0 bridgehead atoms. The van der Waals surface area contributed by atoms with E-state index in [1.54, 1.807) is 0 Å². The zero-order valence-corrected chi connectivity index (χ0v) is 20.1. The van der Waals surface area contributed by atoms with Crippen LogP contribution in [0.5, 0.6) is 0 Å². The minimum absolute atomic E-state index is 0.0141. The number of aliphatic hydroxyl groups excluding tert-OH is 1. The van der Waals surface area contributed by atoms with Crippen molar-refractivity contribution in [3.05, 3.63) is 23.0 Å². The van der Waals surface area contributed by atoms with Crippen LogP contribution in [0.15, 0.2) is 23.0 Å². The van der Waals surface area contributed by atoms with Gasteiger partial charge in [0.15, 0.2) is 0 Å². The molecule has 0 saturated heterocycles. The molecule has 2 atom stereocenters. The van der Waals surface area contributed by atoms with Crippen molar-refractivity contribution in [3.63, 3.8) is 0 Å². The standard InChI is InChI=1S/C26H48O/c1-19(2)13-11-14-20(3)15-12-16-26(10)17-21(24(4,5)6)23(27)22(18-26)25(7,8)9/h17,19-20,27H,11-16,18H2,1-10H3. The van der Waals surface area contributed by atoms with Gasteiger partial charge in [0.1, 0.15) is 5.76 Å². The Balaban J connectivity index is 2.81. The van der Waals surface area contributed by atoms with Gasteiger partial charge >= 0.3 is 0 Å². The van der Waals surface area contributed by atoms with Gasteiger partial charge in [0, 0.05) is 0 Å². The predicted molar refractivity (Wildman–Crippen MR) is 121 cm³/mol. The van der Waals surface area contributed by atoms with Gasteiger partial charge in [-0.1, -0.05) is 107 Å². The highest BCUT2D eigenvalue weighted by Crippen LogP contribution is 2.49. The largest absolute Gasteiger partial charge is 0.508 e. The fourth-order valence-electron chi connectivity index (χ4n) is 4.34. The third-order valence-corrected chi connectivity index (χ3v) is 6.25. The van der Waals surface area contributed by atoms with Gasteiger partial charge in [0.25, 0.3) is 0 Å². The fourth-order valence-corrected chi connectivity index (χ4v) is 4.34. The maximum Gasteiger partial charge on any atom is 0.118 e. The Morgan fingerprint density at radius 3 is 1.96 bits per heavy atom. The van der Waals surface area contributed by atoms with Crippen molar-refractivity contribution >= 4 is 0 Å². The van der Waals surface area contributed by atoms with Gasteiger partial charge in [-0.15, -0.1) is 0 Å². The number of rotatable bonds is 8. The molecule has 1 heteroatoms. The molecule has 0 radical (unpaired) electrons. The van der Waals surface area contributed by atoms with E-state index in [0.29, 0.717) is 5.76 Å². The molecule has 158 valence electrons. The van der Waals surface area contributed by atoms with Crippen LogP contribution in [0.1, 0.15) is 114 Å². The van der Waals surface area contributed by atoms with E-state index in [9.17, 15) is 5.11 Å². The summed E-state index contributed by atoms with van der Waals surface area (Å²) in [6.07, 6.45) is 11.3. The smallest absolute Gasteiger partial charge is 0.118 e. The number of aliphatic hydroxyl groups is 1. The predicted octanol–water partition coefficient (Wildman–Crippen LogP) is 8.86. The first-order chi connectivity index (χ1) is 12.2. The highest BCUT2D eigenvalue weighted by atomic mass is 16.3. The van der Waals surface area contributed by atoms with Gasteiger partial charge in [0.2, 0.25) is 0 Å². The molecule has 0 spiro atoms. The zero-order valence-electron chi connectivity index (χ0n) is 20.1. The van der Waals surface area contributed by atoms with E-state index in [1.165, 1.54) is 44.1 Å². The van der Waals surface area contributed by atoms with E-state index in [-0.39, 0.29) is 16.2 Å². The van der Waals surface area contributed by atoms with Crippen LogP contribution in [0, 0.1) is 28.1 Å². The number of hydrogen-bond acceptors (Lipinski definition) is 1. The van der Waals surface area contributed by atoms with Crippen LogP contribution >= 0.6 is 0 Å². The summed E-state index contributed by atoms with van der Waals surface area (Å²) in [7, 11) is 0. The lowest BCUT2D eigenvalue weighted by atomic mass is 9.65. The lowest BCUT2D eigenvalue weighted by Crippen LogP contribution is -2.29. The molecule has 27 heavy (non-hydrogen) atoms. The second kappa shape index (κ2) is 9.19.